The highest BCUT2D eigenvalue weighted by atomic mass is 16.4. The summed E-state index contributed by atoms with van der Waals surface area (Å²) in [5.74, 6) is -0.319. The van der Waals surface area contributed by atoms with Gasteiger partial charge in [-0.1, -0.05) is 24.3 Å². The van der Waals surface area contributed by atoms with E-state index >= 15 is 0 Å². The van der Waals surface area contributed by atoms with Crippen LogP contribution in [-0.2, 0) is 13.6 Å². The van der Waals surface area contributed by atoms with Gasteiger partial charge in [-0.05, 0) is 43.7 Å². The third kappa shape index (κ3) is 2.63. The molecule has 4 rings (SSSR count). The van der Waals surface area contributed by atoms with Gasteiger partial charge in [0, 0.05) is 24.7 Å². The molecule has 28 heavy (non-hydrogen) atoms. The summed E-state index contributed by atoms with van der Waals surface area (Å²) in [7, 11) is 1.62. The molecule has 142 valence electrons. The predicted molar refractivity (Wildman–Crippen MR) is 107 cm³/mol. The van der Waals surface area contributed by atoms with Crippen LogP contribution >= 0.6 is 0 Å². The van der Waals surface area contributed by atoms with Gasteiger partial charge in [-0.15, -0.1) is 0 Å². The first-order valence-electron chi connectivity index (χ1n) is 9.01. The molecule has 2 aromatic carbocycles. The van der Waals surface area contributed by atoms with E-state index in [1.807, 2.05) is 47.9 Å². The van der Waals surface area contributed by atoms with Crippen molar-refractivity contribution in [2.45, 2.75) is 20.4 Å². The molecule has 0 fully saturated rings. The molecule has 0 aliphatic heterocycles. The molecule has 0 saturated carbocycles. The molecule has 7 heteroatoms. The first-order valence-corrected chi connectivity index (χ1v) is 9.01. The van der Waals surface area contributed by atoms with Crippen molar-refractivity contribution >= 4 is 16.9 Å². The van der Waals surface area contributed by atoms with Crippen LogP contribution in [0.4, 0.5) is 0 Å². The highest BCUT2D eigenvalue weighted by Crippen LogP contribution is 2.31. The molecule has 0 aliphatic rings. The third-order valence-corrected chi connectivity index (χ3v) is 4.97. The number of hydrogen-bond acceptors (Lipinski definition) is 3. The lowest BCUT2D eigenvalue weighted by molar-refractivity contribution is 0.0698. The number of carboxylic acid groups (broad SMARTS) is 1. The molecule has 0 amide bonds. The zero-order chi connectivity index (χ0) is 20.0. The quantitative estimate of drug-likeness (QED) is 0.593. The van der Waals surface area contributed by atoms with E-state index in [4.69, 9.17) is 0 Å². The van der Waals surface area contributed by atoms with E-state index in [-0.39, 0.29) is 5.69 Å². The van der Waals surface area contributed by atoms with Gasteiger partial charge < -0.3 is 9.67 Å². The third-order valence-electron chi connectivity index (χ3n) is 4.97. The van der Waals surface area contributed by atoms with Crippen LogP contribution in [0.2, 0.25) is 0 Å². The number of carbonyl (C=O) groups is 1. The number of benzene rings is 2. The van der Waals surface area contributed by atoms with Crippen molar-refractivity contribution < 1.29 is 9.90 Å². The van der Waals surface area contributed by atoms with Crippen LogP contribution in [-0.4, -0.2) is 30.0 Å². The minimum atomic E-state index is -0.938. The first kappa shape index (κ1) is 17.8. The summed E-state index contributed by atoms with van der Waals surface area (Å²) in [6.07, 6.45) is 0. The van der Waals surface area contributed by atoms with E-state index in [1.165, 1.54) is 4.68 Å². The fourth-order valence-corrected chi connectivity index (χ4v) is 3.73. The number of aryl methyl sites for hydroxylation is 3. The lowest BCUT2D eigenvalue weighted by Gasteiger charge is -2.10. The molecular formula is C21H20N4O3. The summed E-state index contributed by atoms with van der Waals surface area (Å²) in [5.41, 5.74) is 3.44. The predicted octanol–water partition coefficient (Wildman–Crippen LogP) is 3.22. The molecule has 0 aliphatic carbocycles. The maximum absolute atomic E-state index is 12.3. The Morgan fingerprint density at radius 1 is 1.14 bits per heavy atom. The Hall–Kier alpha value is -3.61. The number of hydrogen-bond donors (Lipinski definition) is 1. The van der Waals surface area contributed by atoms with Crippen LogP contribution in [0.1, 0.15) is 23.1 Å². The number of rotatable bonds is 4. The van der Waals surface area contributed by atoms with E-state index in [2.05, 4.69) is 5.10 Å². The Morgan fingerprint density at radius 2 is 1.86 bits per heavy atom. The fraction of sp³-hybridized carbons (Fsp3) is 0.190. The van der Waals surface area contributed by atoms with Crippen molar-refractivity contribution in [3.63, 3.8) is 0 Å². The van der Waals surface area contributed by atoms with Crippen molar-refractivity contribution in [2.24, 2.45) is 7.05 Å². The Balaban J connectivity index is 1.86. The molecule has 0 radical (unpaired) electrons. The van der Waals surface area contributed by atoms with Crippen molar-refractivity contribution in [2.75, 3.05) is 0 Å². The maximum atomic E-state index is 12.3. The first-order chi connectivity index (χ1) is 13.4. The largest absolute Gasteiger partial charge is 0.478 e. The summed E-state index contributed by atoms with van der Waals surface area (Å²) >= 11 is 0. The smallest absolute Gasteiger partial charge is 0.350 e. The molecule has 2 aromatic heterocycles. The molecule has 7 nitrogen and oxygen atoms in total. The van der Waals surface area contributed by atoms with E-state index in [9.17, 15) is 14.7 Å². The minimum Gasteiger partial charge on any atom is -0.478 e. The van der Waals surface area contributed by atoms with Crippen LogP contribution < -0.4 is 5.69 Å². The Morgan fingerprint density at radius 3 is 2.43 bits per heavy atom. The van der Waals surface area contributed by atoms with Gasteiger partial charge >= 0.3 is 11.7 Å². The van der Waals surface area contributed by atoms with E-state index in [0.717, 1.165) is 27.8 Å². The standard InChI is InChI=1S/C21H20N4O3/c1-4-24-18(12-15-6-5-7-17(19(15)24)20(26)27)14-8-10-16(11-9-14)25-13(2)22-23(3)21(25)28/h5-12H,4H2,1-3H3,(H,26,27). The Bertz CT molecular complexity index is 1260. The summed E-state index contributed by atoms with van der Waals surface area (Å²) < 4.78 is 4.88. The second kappa shape index (κ2) is 6.53. The summed E-state index contributed by atoms with van der Waals surface area (Å²) in [5, 5.41) is 14.6. The van der Waals surface area contributed by atoms with Gasteiger partial charge in [0.25, 0.3) is 0 Å². The molecule has 1 N–H and O–H groups in total. The second-order valence-corrected chi connectivity index (χ2v) is 6.66. The van der Waals surface area contributed by atoms with Gasteiger partial charge in [0.05, 0.1) is 16.8 Å². The fourth-order valence-electron chi connectivity index (χ4n) is 3.73. The molecule has 0 unspecified atom stereocenters. The molecule has 0 atom stereocenters. The zero-order valence-electron chi connectivity index (χ0n) is 15.9. The van der Waals surface area contributed by atoms with Gasteiger partial charge in [-0.2, -0.15) is 5.10 Å². The SMILES string of the molecule is CCn1c(-c2ccc(-n3c(C)nn(C)c3=O)cc2)cc2cccc(C(=O)O)c21. The monoisotopic (exact) mass is 376 g/mol. The molecule has 0 bridgehead atoms. The van der Waals surface area contributed by atoms with Crippen molar-refractivity contribution in [3.05, 3.63) is 70.4 Å². The average molecular weight is 376 g/mol. The molecular weight excluding hydrogens is 356 g/mol. The highest BCUT2D eigenvalue weighted by Gasteiger charge is 2.17. The van der Waals surface area contributed by atoms with Crippen molar-refractivity contribution in [3.8, 4) is 16.9 Å². The molecule has 0 saturated heterocycles. The van der Waals surface area contributed by atoms with E-state index in [1.54, 1.807) is 30.7 Å². The highest BCUT2D eigenvalue weighted by molar-refractivity contribution is 6.04. The Labute approximate surface area is 161 Å². The van der Waals surface area contributed by atoms with Crippen LogP contribution in [0, 0.1) is 6.92 Å². The van der Waals surface area contributed by atoms with Crippen LogP contribution in [0.15, 0.2) is 53.3 Å². The zero-order valence-corrected chi connectivity index (χ0v) is 15.9. The summed E-state index contributed by atoms with van der Waals surface area (Å²) in [6.45, 7) is 4.43. The summed E-state index contributed by atoms with van der Waals surface area (Å²) in [6, 6.07) is 14.9. The Kier molecular flexibility index (Phi) is 4.15. The summed E-state index contributed by atoms with van der Waals surface area (Å²) in [4.78, 5) is 23.9. The van der Waals surface area contributed by atoms with Gasteiger partial charge in [0.2, 0.25) is 0 Å². The average Bonchev–Trinajstić information content (AvgIpc) is 3.18. The molecule has 0 spiro atoms. The van der Waals surface area contributed by atoms with Gasteiger partial charge in [0.1, 0.15) is 5.82 Å². The van der Waals surface area contributed by atoms with Crippen LogP contribution in [0.25, 0.3) is 27.8 Å². The molecule has 4 aromatic rings. The lowest BCUT2D eigenvalue weighted by Crippen LogP contribution is -2.21. The van der Waals surface area contributed by atoms with Gasteiger partial charge in [-0.3, -0.25) is 0 Å². The van der Waals surface area contributed by atoms with Crippen LogP contribution in [0.5, 0.6) is 0 Å². The van der Waals surface area contributed by atoms with E-state index < -0.39 is 5.97 Å². The van der Waals surface area contributed by atoms with Gasteiger partial charge in [0.15, 0.2) is 0 Å². The normalized spacial score (nSPS) is 11.2. The number of aromatic carboxylic acids is 1. The number of nitrogens with zero attached hydrogens (tertiary/aromatic N) is 4. The van der Waals surface area contributed by atoms with E-state index in [0.29, 0.717) is 17.9 Å². The number of fused-ring (bicyclic) bond motifs is 1. The number of aromatic nitrogens is 4. The topological polar surface area (TPSA) is 82.0 Å². The van der Waals surface area contributed by atoms with Crippen molar-refractivity contribution in [1.29, 1.82) is 0 Å². The lowest BCUT2D eigenvalue weighted by atomic mass is 10.1. The number of para-hydroxylation sites is 1. The maximum Gasteiger partial charge on any atom is 0.350 e. The second-order valence-electron chi connectivity index (χ2n) is 6.66. The van der Waals surface area contributed by atoms with Crippen LogP contribution in [0.3, 0.4) is 0 Å². The molecule has 2 heterocycles. The van der Waals surface area contributed by atoms with Crippen molar-refractivity contribution in [1.82, 2.24) is 18.9 Å². The number of carboxylic acids is 1. The van der Waals surface area contributed by atoms with Gasteiger partial charge in [-0.25, -0.2) is 18.8 Å². The minimum absolute atomic E-state index is 0.195.